The third-order valence-electron chi connectivity index (χ3n) is 4.51. The Hall–Kier alpha value is -2.19. The van der Waals surface area contributed by atoms with Crippen molar-refractivity contribution < 1.29 is 8.42 Å². The molecule has 3 aromatic rings. The summed E-state index contributed by atoms with van der Waals surface area (Å²) in [7, 11) is -1.18. The van der Waals surface area contributed by atoms with Crippen molar-refractivity contribution in [2.75, 3.05) is 18.1 Å². The topological polar surface area (TPSA) is 72.5 Å². The van der Waals surface area contributed by atoms with E-state index in [4.69, 9.17) is 0 Å². The van der Waals surface area contributed by atoms with Crippen molar-refractivity contribution in [1.29, 1.82) is 0 Å². The summed E-state index contributed by atoms with van der Waals surface area (Å²) in [5.41, 5.74) is 2.89. The lowest BCUT2D eigenvalue weighted by molar-refractivity contribution is 0.203. The fourth-order valence-corrected chi connectivity index (χ4v) is 4.82. The summed E-state index contributed by atoms with van der Waals surface area (Å²) in [6.45, 7) is 1.17. The summed E-state index contributed by atoms with van der Waals surface area (Å²) in [4.78, 5) is 6.62. The fourth-order valence-electron chi connectivity index (χ4n) is 3.26. The SMILES string of the molecule is Cn1cc(C2CS(=O)(=O)CCN2Cc2cnc3ccccn23)cn1. The number of aryl methyl sites for hydroxylation is 1. The molecule has 4 rings (SSSR count). The van der Waals surface area contributed by atoms with E-state index in [2.05, 4.69) is 15.0 Å². The highest BCUT2D eigenvalue weighted by molar-refractivity contribution is 7.91. The zero-order chi connectivity index (χ0) is 16.7. The van der Waals surface area contributed by atoms with Crippen LogP contribution in [0.15, 0.2) is 43.0 Å². The van der Waals surface area contributed by atoms with Gasteiger partial charge in [-0.15, -0.1) is 0 Å². The summed E-state index contributed by atoms with van der Waals surface area (Å²) in [6.07, 6.45) is 7.50. The van der Waals surface area contributed by atoms with E-state index < -0.39 is 9.84 Å². The molecule has 1 aliphatic rings. The van der Waals surface area contributed by atoms with Crippen molar-refractivity contribution in [2.45, 2.75) is 12.6 Å². The lowest BCUT2D eigenvalue weighted by Crippen LogP contribution is -2.42. The molecule has 1 fully saturated rings. The van der Waals surface area contributed by atoms with E-state index in [0.717, 1.165) is 16.9 Å². The molecule has 1 atom stereocenters. The Morgan fingerprint density at radius 1 is 1.29 bits per heavy atom. The first-order chi connectivity index (χ1) is 11.5. The number of hydrogen-bond acceptors (Lipinski definition) is 5. The summed E-state index contributed by atoms with van der Waals surface area (Å²) in [5, 5.41) is 4.20. The summed E-state index contributed by atoms with van der Waals surface area (Å²) in [5.74, 6) is 0.329. The highest BCUT2D eigenvalue weighted by atomic mass is 32.2. The predicted octanol–water partition coefficient (Wildman–Crippen LogP) is 1.04. The minimum Gasteiger partial charge on any atom is -0.303 e. The van der Waals surface area contributed by atoms with Crippen molar-refractivity contribution in [3.05, 3.63) is 54.2 Å². The maximum Gasteiger partial charge on any atom is 0.153 e. The highest BCUT2D eigenvalue weighted by Gasteiger charge is 2.33. The minimum absolute atomic E-state index is 0.134. The van der Waals surface area contributed by atoms with Gasteiger partial charge in [0.05, 0.1) is 35.6 Å². The highest BCUT2D eigenvalue weighted by Crippen LogP contribution is 2.28. The number of nitrogens with zero attached hydrogens (tertiary/aromatic N) is 5. The van der Waals surface area contributed by atoms with Crippen LogP contribution in [-0.2, 0) is 23.4 Å². The second kappa shape index (κ2) is 5.71. The number of pyridine rings is 1. The van der Waals surface area contributed by atoms with Gasteiger partial charge in [-0.05, 0) is 12.1 Å². The number of aromatic nitrogens is 4. The Balaban J connectivity index is 1.67. The lowest BCUT2D eigenvalue weighted by Gasteiger charge is -2.34. The molecule has 0 aliphatic carbocycles. The Bertz CT molecular complexity index is 975. The first kappa shape index (κ1) is 15.3. The molecule has 0 spiro atoms. The van der Waals surface area contributed by atoms with Gasteiger partial charge in [-0.25, -0.2) is 13.4 Å². The molecule has 0 bridgehead atoms. The summed E-state index contributed by atoms with van der Waals surface area (Å²) >= 11 is 0. The Morgan fingerprint density at radius 2 is 2.17 bits per heavy atom. The van der Waals surface area contributed by atoms with Crippen LogP contribution in [-0.4, -0.2) is 50.5 Å². The lowest BCUT2D eigenvalue weighted by atomic mass is 10.1. The van der Waals surface area contributed by atoms with Crippen molar-refractivity contribution in [3.63, 3.8) is 0 Å². The van der Waals surface area contributed by atoms with Crippen LogP contribution in [0, 0.1) is 0 Å². The largest absolute Gasteiger partial charge is 0.303 e. The van der Waals surface area contributed by atoms with Crippen LogP contribution in [0.5, 0.6) is 0 Å². The second-order valence-corrected chi connectivity index (χ2v) is 8.46. The van der Waals surface area contributed by atoms with E-state index in [1.54, 1.807) is 10.9 Å². The van der Waals surface area contributed by atoms with Gasteiger partial charge in [-0.1, -0.05) is 6.07 Å². The van der Waals surface area contributed by atoms with E-state index in [1.165, 1.54) is 0 Å². The van der Waals surface area contributed by atoms with Crippen molar-refractivity contribution >= 4 is 15.5 Å². The normalized spacial score (nSPS) is 21.3. The first-order valence-corrected chi connectivity index (χ1v) is 9.68. The number of fused-ring (bicyclic) bond motifs is 1. The Labute approximate surface area is 140 Å². The molecule has 126 valence electrons. The van der Waals surface area contributed by atoms with Crippen molar-refractivity contribution in [2.24, 2.45) is 7.05 Å². The minimum atomic E-state index is -3.03. The molecule has 1 unspecified atom stereocenters. The fraction of sp³-hybridized carbons (Fsp3) is 0.375. The average Bonchev–Trinajstić information content (AvgIpc) is 3.16. The van der Waals surface area contributed by atoms with Gasteiger partial charge in [0.15, 0.2) is 9.84 Å². The maximum atomic E-state index is 12.1. The summed E-state index contributed by atoms with van der Waals surface area (Å²) in [6, 6.07) is 5.71. The molecule has 8 heteroatoms. The molecule has 0 aromatic carbocycles. The standard InChI is InChI=1S/C16H19N5O2S/c1-19-10-13(8-18-19)15-12-24(22,23)7-6-20(15)11-14-9-17-16-4-2-3-5-21(14)16/h2-5,8-10,15H,6-7,11-12H2,1H3. The monoisotopic (exact) mass is 345 g/mol. The van der Waals surface area contributed by atoms with E-state index in [1.807, 2.05) is 48.2 Å². The molecule has 3 aromatic heterocycles. The number of rotatable bonds is 3. The predicted molar refractivity (Wildman–Crippen MR) is 90.2 cm³/mol. The van der Waals surface area contributed by atoms with Crippen LogP contribution in [0.4, 0.5) is 0 Å². The van der Waals surface area contributed by atoms with Gasteiger partial charge < -0.3 is 4.40 Å². The number of hydrogen-bond donors (Lipinski definition) is 0. The van der Waals surface area contributed by atoms with Crippen LogP contribution in [0.25, 0.3) is 5.65 Å². The molecule has 0 N–H and O–H groups in total. The van der Waals surface area contributed by atoms with Gasteiger partial charge in [0, 0.05) is 38.1 Å². The van der Waals surface area contributed by atoms with Gasteiger partial charge in [-0.2, -0.15) is 5.10 Å². The zero-order valence-electron chi connectivity index (χ0n) is 13.4. The van der Waals surface area contributed by atoms with Crippen LogP contribution in [0.2, 0.25) is 0 Å². The molecule has 7 nitrogen and oxygen atoms in total. The van der Waals surface area contributed by atoms with Crippen molar-refractivity contribution in [3.8, 4) is 0 Å². The molecule has 0 radical (unpaired) electrons. The number of imidazole rings is 1. The van der Waals surface area contributed by atoms with E-state index >= 15 is 0 Å². The molecule has 0 saturated carbocycles. The first-order valence-electron chi connectivity index (χ1n) is 7.86. The van der Waals surface area contributed by atoms with Crippen molar-refractivity contribution in [1.82, 2.24) is 24.1 Å². The average molecular weight is 345 g/mol. The smallest absolute Gasteiger partial charge is 0.153 e. The Morgan fingerprint density at radius 3 is 2.96 bits per heavy atom. The quantitative estimate of drug-likeness (QED) is 0.709. The zero-order valence-corrected chi connectivity index (χ0v) is 14.2. The van der Waals surface area contributed by atoms with Gasteiger partial charge in [0.2, 0.25) is 0 Å². The second-order valence-electron chi connectivity index (χ2n) is 6.23. The third kappa shape index (κ3) is 2.83. The number of sulfone groups is 1. The maximum absolute atomic E-state index is 12.1. The molecule has 0 amide bonds. The molecule has 1 saturated heterocycles. The van der Waals surface area contributed by atoms with Crippen LogP contribution >= 0.6 is 0 Å². The molecule has 4 heterocycles. The van der Waals surface area contributed by atoms with Gasteiger partial charge in [0.1, 0.15) is 5.65 Å². The summed E-state index contributed by atoms with van der Waals surface area (Å²) < 4.78 is 28.0. The van der Waals surface area contributed by atoms with Crippen LogP contribution in [0.3, 0.4) is 0 Å². The van der Waals surface area contributed by atoms with Gasteiger partial charge in [-0.3, -0.25) is 9.58 Å². The van der Waals surface area contributed by atoms with Gasteiger partial charge >= 0.3 is 0 Å². The molecular formula is C16H19N5O2S. The molecular weight excluding hydrogens is 326 g/mol. The van der Waals surface area contributed by atoms with E-state index in [9.17, 15) is 8.42 Å². The van der Waals surface area contributed by atoms with E-state index in [-0.39, 0.29) is 17.5 Å². The van der Waals surface area contributed by atoms with Crippen LogP contribution < -0.4 is 0 Å². The van der Waals surface area contributed by atoms with Gasteiger partial charge in [0.25, 0.3) is 0 Å². The van der Waals surface area contributed by atoms with E-state index in [0.29, 0.717) is 13.1 Å². The molecule has 1 aliphatic heterocycles. The molecule has 24 heavy (non-hydrogen) atoms. The van der Waals surface area contributed by atoms with Crippen LogP contribution in [0.1, 0.15) is 17.3 Å². The third-order valence-corrected chi connectivity index (χ3v) is 6.14. The Kier molecular flexibility index (Phi) is 3.65.